The number of ether oxygens (including phenoxy) is 1. The van der Waals surface area contributed by atoms with Crippen molar-refractivity contribution < 1.29 is 19.4 Å². The van der Waals surface area contributed by atoms with Crippen LogP contribution >= 0.6 is 0 Å². The number of rotatable bonds is 8. The fourth-order valence-corrected chi connectivity index (χ4v) is 5.25. The van der Waals surface area contributed by atoms with Crippen LogP contribution in [0.3, 0.4) is 0 Å². The number of unbranched alkanes of at least 4 members (excludes halogenated alkanes) is 2. The molecule has 0 saturated carbocycles. The number of nitrogens with zero attached hydrogens (tertiary/aromatic N) is 2. The fourth-order valence-electron chi connectivity index (χ4n) is 5.25. The van der Waals surface area contributed by atoms with Gasteiger partial charge >= 0.3 is 5.97 Å². The molecule has 4 rings (SSSR count). The van der Waals surface area contributed by atoms with Crippen molar-refractivity contribution in [1.29, 1.82) is 0 Å². The molecule has 0 aromatic carbocycles. The third-order valence-corrected chi connectivity index (χ3v) is 6.65. The Bertz CT molecular complexity index is 755. The van der Waals surface area contributed by atoms with Gasteiger partial charge in [0.2, 0.25) is 5.91 Å². The number of hydrogen-bond donors (Lipinski definition) is 2. The minimum Gasteiger partial charge on any atom is -0.477 e. The summed E-state index contributed by atoms with van der Waals surface area (Å²) in [6.07, 6.45) is 7.61. The standard InChI is InChI=1S/C21H29N3O4/c1-2-3-4-5-19(25)23-11-15-16-12-24(13-21(16)8-6-18(15)28-21)14-7-9-22-17(10-14)20(26)27/h7,9-10,15-16,18H,2-6,8,11-13H2,1H3,(H,23,25)(H,26,27)/t15-,16+,18+,21+/m0/s1. The van der Waals surface area contributed by atoms with E-state index in [9.17, 15) is 14.7 Å². The minimum absolute atomic E-state index is 0.0631. The Balaban J connectivity index is 1.41. The summed E-state index contributed by atoms with van der Waals surface area (Å²) >= 11 is 0. The number of carboxylic acid groups (broad SMARTS) is 1. The maximum absolute atomic E-state index is 12.1. The van der Waals surface area contributed by atoms with Crippen LogP contribution in [0.2, 0.25) is 0 Å². The molecule has 1 aromatic heterocycles. The minimum atomic E-state index is -1.01. The lowest BCUT2D eigenvalue weighted by Gasteiger charge is -2.29. The summed E-state index contributed by atoms with van der Waals surface area (Å²) in [4.78, 5) is 29.5. The van der Waals surface area contributed by atoms with Gasteiger partial charge in [0.25, 0.3) is 0 Å². The Morgan fingerprint density at radius 3 is 3.07 bits per heavy atom. The topological polar surface area (TPSA) is 91.8 Å². The number of pyridine rings is 1. The van der Waals surface area contributed by atoms with E-state index in [1.807, 2.05) is 6.07 Å². The highest BCUT2D eigenvalue weighted by Gasteiger charge is 2.62. The van der Waals surface area contributed by atoms with Gasteiger partial charge in [-0.3, -0.25) is 4.79 Å². The average molecular weight is 387 g/mol. The molecule has 2 bridgehead atoms. The highest BCUT2D eigenvalue weighted by atomic mass is 16.5. The monoisotopic (exact) mass is 387 g/mol. The van der Waals surface area contributed by atoms with E-state index in [0.29, 0.717) is 24.8 Å². The molecule has 152 valence electrons. The predicted molar refractivity (Wildman–Crippen MR) is 104 cm³/mol. The Labute approximate surface area is 165 Å². The second-order valence-corrected chi connectivity index (χ2v) is 8.38. The summed E-state index contributed by atoms with van der Waals surface area (Å²) in [5, 5.41) is 12.3. The van der Waals surface area contributed by atoms with E-state index in [-0.39, 0.29) is 23.3 Å². The average Bonchev–Trinajstić information content (AvgIpc) is 3.35. The molecule has 7 heteroatoms. The molecule has 1 amide bonds. The van der Waals surface area contributed by atoms with Gasteiger partial charge < -0.3 is 20.1 Å². The van der Waals surface area contributed by atoms with E-state index in [0.717, 1.165) is 50.9 Å². The molecule has 28 heavy (non-hydrogen) atoms. The first-order valence-electron chi connectivity index (χ1n) is 10.4. The number of nitrogens with one attached hydrogen (secondary N) is 1. The maximum Gasteiger partial charge on any atom is 0.354 e. The highest BCUT2D eigenvalue weighted by molar-refractivity contribution is 5.86. The van der Waals surface area contributed by atoms with Gasteiger partial charge in [-0.05, 0) is 31.4 Å². The molecule has 4 heterocycles. The number of aromatic carboxylic acids is 1. The van der Waals surface area contributed by atoms with Crippen LogP contribution in [0.15, 0.2) is 18.3 Å². The molecule has 3 aliphatic heterocycles. The van der Waals surface area contributed by atoms with E-state index >= 15 is 0 Å². The van der Waals surface area contributed by atoms with Crippen molar-refractivity contribution in [3.63, 3.8) is 0 Å². The number of hydrogen-bond acceptors (Lipinski definition) is 5. The molecule has 1 spiro atoms. The summed E-state index contributed by atoms with van der Waals surface area (Å²) < 4.78 is 6.43. The van der Waals surface area contributed by atoms with Gasteiger partial charge in [-0.2, -0.15) is 0 Å². The third kappa shape index (κ3) is 3.48. The number of fused-ring (bicyclic) bond motifs is 1. The zero-order valence-electron chi connectivity index (χ0n) is 16.4. The van der Waals surface area contributed by atoms with Crippen molar-refractivity contribution in [2.75, 3.05) is 24.5 Å². The lowest BCUT2D eigenvalue weighted by Crippen LogP contribution is -2.41. The smallest absolute Gasteiger partial charge is 0.354 e. The van der Waals surface area contributed by atoms with E-state index in [1.54, 1.807) is 12.3 Å². The van der Waals surface area contributed by atoms with E-state index in [1.165, 1.54) is 0 Å². The Morgan fingerprint density at radius 1 is 1.43 bits per heavy atom. The van der Waals surface area contributed by atoms with Crippen molar-refractivity contribution >= 4 is 17.6 Å². The molecule has 4 atom stereocenters. The summed E-state index contributed by atoms with van der Waals surface area (Å²) in [5.74, 6) is -0.182. The van der Waals surface area contributed by atoms with Crippen molar-refractivity contribution in [3.8, 4) is 0 Å². The first kappa shape index (κ1) is 19.2. The van der Waals surface area contributed by atoms with E-state index in [2.05, 4.69) is 22.1 Å². The number of anilines is 1. The largest absolute Gasteiger partial charge is 0.477 e. The van der Waals surface area contributed by atoms with Crippen LogP contribution in [0.4, 0.5) is 5.69 Å². The van der Waals surface area contributed by atoms with Crippen molar-refractivity contribution in [2.45, 2.75) is 57.2 Å². The van der Waals surface area contributed by atoms with Gasteiger partial charge in [0.15, 0.2) is 0 Å². The first-order chi connectivity index (χ1) is 13.5. The van der Waals surface area contributed by atoms with Gasteiger partial charge in [0.1, 0.15) is 5.69 Å². The van der Waals surface area contributed by atoms with Gasteiger partial charge in [0, 0.05) is 49.8 Å². The van der Waals surface area contributed by atoms with Crippen molar-refractivity contribution in [2.24, 2.45) is 11.8 Å². The van der Waals surface area contributed by atoms with Crippen molar-refractivity contribution in [3.05, 3.63) is 24.0 Å². The Hall–Kier alpha value is -2.15. The zero-order valence-corrected chi connectivity index (χ0v) is 16.4. The van der Waals surface area contributed by atoms with Gasteiger partial charge in [0.05, 0.1) is 11.7 Å². The number of aromatic nitrogens is 1. The lowest BCUT2D eigenvalue weighted by molar-refractivity contribution is -0.121. The lowest BCUT2D eigenvalue weighted by atomic mass is 9.73. The van der Waals surface area contributed by atoms with Crippen LogP contribution in [-0.4, -0.2) is 53.3 Å². The molecule has 0 aliphatic carbocycles. The second-order valence-electron chi connectivity index (χ2n) is 8.38. The zero-order chi connectivity index (χ0) is 19.7. The van der Waals surface area contributed by atoms with Crippen LogP contribution in [-0.2, 0) is 9.53 Å². The van der Waals surface area contributed by atoms with Crippen LogP contribution in [0.1, 0.15) is 55.9 Å². The number of carbonyl (C=O) groups excluding carboxylic acids is 1. The molecule has 0 radical (unpaired) electrons. The van der Waals surface area contributed by atoms with Crippen LogP contribution in [0.5, 0.6) is 0 Å². The SMILES string of the molecule is CCCCCC(=O)NC[C@H]1[C@H]2CN(c3ccnc(C(=O)O)c3)C[C@]23CC[C@H]1O3. The number of carboxylic acids is 1. The van der Waals surface area contributed by atoms with Gasteiger partial charge in [-0.25, -0.2) is 9.78 Å². The first-order valence-corrected chi connectivity index (χ1v) is 10.4. The predicted octanol–water partition coefficient (Wildman–Crippen LogP) is 2.46. The molecular weight excluding hydrogens is 358 g/mol. The Morgan fingerprint density at radius 2 is 2.29 bits per heavy atom. The van der Waals surface area contributed by atoms with E-state index in [4.69, 9.17) is 4.74 Å². The summed E-state index contributed by atoms with van der Waals surface area (Å²) in [6.45, 7) is 4.42. The van der Waals surface area contributed by atoms with Gasteiger partial charge in [-0.15, -0.1) is 0 Å². The second kappa shape index (κ2) is 7.70. The molecule has 1 aromatic rings. The normalized spacial score (nSPS) is 30.5. The van der Waals surface area contributed by atoms with Crippen LogP contribution < -0.4 is 10.2 Å². The molecule has 0 unspecified atom stereocenters. The van der Waals surface area contributed by atoms with Gasteiger partial charge in [-0.1, -0.05) is 19.8 Å². The number of amides is 1. The molecule has 3 fully saturated rings. The summed E-state index contributed by atoms with van der Waals surface area (Å²) in [7, 11) is 0. The third-order valence-electron chi connectivity index (χ3n) is 6.65. The number of carbonyl (C=O) groups is 2. The quantitative estimate of drug-likeness (QED) is 0.666. The Kier molecular flexibility index (Phi) is 5.27. The van der Waals surface area contributed by atoms with Crippen LogP contribution in [0.25, 0.3) is 0 Å². The highest BCUT2D eigenvalue weighted by Crippen LogP contribution is 2.55. The molecular formula is C21H29N3O4. The van der Waals surface area contributed by atoms with Crippen LogP contribution in [0, 0.1) is 11.8 Å². The van der Waals surface area contributed by atoms with Crippen molar-refractivity contribution in [1.82, 2.24) is 10.3 Å². The maximum atomic E-state index is 12.1. The molecule has 7 nitrogen and oxygen atoms in total. The summed E-state index contributed by atoms with van der Waals surface area (Å²) in [6, 6.07) is 3.50. The molecule has 3 aliphatic rings. The fraction of sp³-hybridized carbons (Fsp3) is 0.667. The molecule has 2 N–H and O–H groups in total. The van der Waals surface area contributed by atoms with E-state index < -0.39 is 5.97 Å². The molecule has 3 saturated heterocycles. The summed E-state index contributed by atoms with van der Waals surface area (Å²) in [5.41, 5.74) is 0.785.